The van der Waals surface area contributed by atoms with E-state index in [0.29, 0.717) is 6.42 Å². The Morgan fingerprint density at radius 2 is 2.00 bits per heavy atom. The Morgan fingerprint density at radius 3 is 2.45 bits per heavy atom. The minimum Gasteiger partial charge on any atom is -0.271 e. The molecule has 2 rings (SSSR count). The molecular formula is C15H21ClN4. The lowest BCUT2D eigenvalue weighted by Crippen LogP contribution is -2.30. The third-order valence-electron chi connectivity index (χ3n) is 3.65. The molecule has 2 aromatic rings. The molecule has 0 spiro atoms. The number of aromatic nitrogens is 2. The number of benzene rings is 1. The van der Waals surface area contributed by atoms with Crippen LogP contribution in [0.3, 0.4) is 0 Å². The molecule has 1 unspecified atom stereocenters. The Bertz CT molecular complexity index is 574. The van der Waals surface area contributed by atoms with Gasteiger partial charge < -0.3 is 0 Å². The first kappa shape index (κ1) is 15.0. The highest BCUT2D eigenvalue weighted by Gasteiger charge is 2.17. The third kappa shape index (κ3) is 3.03. The predicted octanol–water partition coefficient (Wildman–Crippen LogP) is 2.69. The second-order valence-electron chi connectivity index (χ2n) is 4.99. The zero-order valence-corrected chi connectivity index (χ0v) is 12.9. The number of nitrogens with zero attached hydrogens (tertiary/aromatic N) is 2. The van der Waals surface area contributed by atoms with Crippen LogP contribution in [0.25, 0.3) is 0 Å². The van der Waals surface area contributed by atoms with E-state index in [2.05, 4.69) is 41.7 Å². The van der Waals surface area contributed by atoms with Gasteiger partial charge in [-0.05, 0) is 24.5 Å². The smallest absolute Gasteiger partial charge is 0.0847 e. The standard InChI is InChI=1S/C15H21ClN4/c1-4-11-5-7-12(8-6-11)13(18-17)9-14-15(16)10(2)19-20(14)3/h5-8,13,18H,4,9,17H2,1-3H3. The van der Waals surface area contributed by atoms with E-state index in [1.54, 1.807) is 0 Å². The van der Waals surface area contributed by atoms with Crippen LogP contribution in [-0.2, 0) is 19.9 Å². The van der Waals surface area contributed by atoms with Crippen molar-refractivity contribution < 1.29 is 0 Å². The summed E-state index contributed by atoms with van der Waals surface area (Å²) in [7, 11) is 1.90. The zero-order valence-electron chi connectivity index (χ0n) is 12.2. The van der Waals surface area contributed by atoms with Crippen LogP contribution < -0.4 is 11.3 Å². The number of rotatable bonds is 5. The highest BCUT2D eigenvalue weighted by molar-refractivity contribution is 6.31. The van der Waals surface area contributed by atoms with Gasteiger partial charge in [0.25, 0.3) is 0 Å². The second-order valence-corrected chi connectivity index (χ2v) is 5.37. The molecule has 1 atom stereocenters. The van der Waals surface area contributed by atoms with Crippen LogP contribution in [-0.4, -0.2) is 9.78 Å². The Kier molecular flexibility index (Phi) is 4.81. The lowest BCUT2D eigenvalue weighted by molar-refractivity contribution is 0.530. The summed E-state index contributed by atoms with van der Waals surface area (Å²) in [5, 5.41) is 5.06. The topological polar surface area (TPSA) is 55.9 Å². The highest BCUT2D eigenvalue weighted by atomic mass is 35.5. The number of hydrogen-bond donors (Lipinski definition) is 2. The van der Waals surface area contributed by atoms with E-state index in [-0.39, 0.29) is 6.04 Å². The monoisotopic (exact) mass is 292 g/mol. The van der Waals surface area contributed by atoms with Crippen molar-refractivity contribution in [2.24, 2.45) is 12.9 Å². The summed E-state index contributed by atoms with van der Waals surface area (Å²) in [6, 6.07) is 8.51. The molecule has 5 heteroatoms. The largest absolute Gasteiger partial charge is 0.271 e. The average Bonchev–Trinajstić information content (AvgIpc) is 2.70. The van der Waals surface area contributed by atoms with Crippen LogP contribution in [0.4, 0.5) is 0 Å². The van der Waals surface area contributed by atoms with Crippen LogP contribution in [0.1, 0.15) is 35.5 Å². The van der Waals surface area contributed by atoms with E-state index < -0.39 is 0 Å². The van der Waals surface area contributed by atoms with Gasteiger partial charge in [-0.15, -0.1) is 0 Å². The summed E-state index contributed by atoms with van der Waals surface area (Å²) in [6.07, 6.45) is 1.74. The van der Waals surface area contributed by atoms with Crippen molar-refractivity contribution in [3.8, 4) is 0 Å². The van der Waals surface area contributed by atoms with E-state index in [1.165, 1.54) is 5.56 Å². The molecule has 1 aromatic carbocycles. The summed E-state index contributed by atoms with van der Waals surface area (Å²) in [5.74, 6) is 5.71. The van der Waals surface area contributed by atoms with Crippen molar-refractivity contribution in [2.45, 2.75) is 32.7 Å². The van der Waals surface area contributed by atoms with Crippen molar-refractivity contribution in [3.63, 3.8) is 0 Å². The van der Waals surface area contributed by atoms with Crippen LogP contribution in [0, 0.1) is 6.92 Å². The third-order valence-corrected chi connectivity index (χ3v) is 4.14. The predicted molar refractivity (Wildman–Crippen MR) is 82.5 cm³/mol. The van der Waals surface area contributed by atoms with Crippen LogP contribution >= 0.6 is 11.6 Å². The first-order valence-corrected chi connectivity index (χ1v) is 7.17. The van der Waals surface area contributed by atoms with E-state index >= 15 is 0 Å². The fraction of sp³-hybridized carbons (Fsp3) is 0.400. The summed E-state index contributed by atoms with van der Waals surface area (Å²) in [5.41, 5.74) is 7.18. The van der Waals surface area contributed by atoms with E-state index in [4.69, 9.17) is 17.4 Å². The molecule has 0 aliphatic rings. The molecule has 0 fully saturated rings. The molecular weight excluding hydrogens is 272 g/mol. The SMILES string of the molecule is CCc1ccc(C(Cc2c(Cl)c(C)nn2C)NN)cc1. The Balaban J connectivity index is 2.23. The molecule has 4 nitrogen and oxygen atoms in total. The zero-order chi connectivity index (χ0) is 14.7. The number of hydrazine groups is 1. The number of nitrogens with one attached hydrogen (secondary N) is 1. The molecule has 1 aromatic heterocycles. The molecule has 3 N–H and O–H groups in total. The molecule has 0 saturated heterocycles. The van der Waals surface area contributed by atoms with Gasteiger partial charge in [-0.2, -0.15) is 5.10 Å². The van der Waals surface area contributed by atoms with Crippen molar-refractivity contribution >= 4 is 11.6 Å². The summed E-state index contributed by atoms with van der Waals surface area (Å²) < 4.78 is 1.82. The summed E-state index contributed by atoms with van der Waals surface area (Å²) in [4.78, 5) is 0. The van der Waals surface area contributed by atoms with Gasteiger partial charge in [-0.1, -0.05) is 42.8 Å². The normalized spacial score (nSPS) is 12.7. The minimum atomic E-state index is 0.0215. The molecule has 1 heterocycles. The molecule has 0 aliphatic heterocycles. The van der Waals surface area contributed by atoms with Crippen LogP contribution in [0.5, 0.6) is 0 Å². The number of nitrogens with two attached hydrogens (primary N) is 1. The van der Waals surface area contributed by atoms with Crippen LogP contribution in [0.15, 0.2) is 24.3 Å². The Morgan fingerprint density at radius 1 is 1.35 bits per heavy atom. The maximum atomic E-state index is 6.30. The van der Waals surface area contributed by atoms with Crippen molar-refractivity contribution in [1.82, 2.24) is 15.2 Å². The van der Waals surface area contributed by atoms with Crippen molar-refractivity contribution in [1.29, 1.82) is 0 Å². The number of hydrogen-bond acceptors (Lipinski definition) is 3. The number of aryl methyl sites for hydroxylation is 3. The number of halogens is 1. The van der Waals surface area contributed by atoms with E-state index in [0.717, 1.165) is 28.4 Å². The lowest BCUT2D eigenvalue weighted by atomic mass is 10.0. The molecule has 0 amide bonds. The highest BCUT2D eigenvalue weighted by Crippen LogP contribution is 2.25. The van der Waals surface area contributed by atoms with Gasteiger partial charge in [0, 0.05) is 13.5 Å². The van der Waals surface area contributed by atoms with Gasteiger partial charge in [0.2, 0.25) is 0 Å². The van der Waals surface area contributed by atoms with E-state index in [9.17, 15) is 0 Å². The quantitative estimate of drug-likeness (QED) is 0.658. The Labute approximate surface area is 124 Å². The fourth-order valence-electron chi connectivity index (χ4n) is 2.35. The second kappa shape index (κ2) is 6.39. The fourth-order valence-corrected chi connectivity index (χ4v) is 2.59. The summed E-state index contributed by atoms with van der Waals surface area (Å²) >= 11 is 6.30. The van der Waals surface area contributed by atoms with Gasteiger partial charge in [-0.25, -0.2) is 0 Å². The van der Waals surface area contributed by atoms with Gasteiger partial charge >= 0.3 is 0 Å². The first-order chi connectivity index (χ1) is 9.56. The maximum absolute atomic E-state index is 6.30. The molecule has 0 radical (unpaired) electrons. The van der Waals surface area contributed by atoms with Gasteiger partial charge in [0.05, 0.1) is 22.5 Å². The Hall–Kier alpha value is -1.36. The average molecular weight is 293 g/mol. The maximum Gasteiger partial charge on any atom is 0.0847 e. The lowest BCUT2D eigenvalue weighted by Gasteiger charge is -2.17. The molecule has 0 aliphatic carbocycles. The van der Waals surface area contributed by atoms with E-state index in [1.807, 2.05) is 18.7 Å². The molecule has 20 heavy (non-hydrogen) atoms. The van der Waals surface area contributed by atoms with Crippen molar-refractivity contribution in [3.05, 3.63) is 51.8 Å². The van der Waals surface area contributed by atoms with Gasteiger partial charge in [0.1, 0.15) is 0 Å². The van der Waals surface area contributed by atoms with Crippen molar-refractivity contribution in [2.75, 3.05) is 0 Å². The van der Waals surface area contributed by atoms with Gasteiger partial charge in [-0.3, -0.25) is 16.0 Å². The molecule has 0 bridgehead atoms. The van der Waals surface area contributed by atoms with Crippen LogP contribution in [0.2, 0.25) is 5.02 Å². The summed E-state index contributed by atoms with van der Waals surface area (Å²) in [6.45, 7) is 4.05. The first-order valence-electron chi connectivity index (χ1n) is 6.79. The molecule has 0 saturated carbocycles. The molecule has 108 valence electrons. The van der Waals surface area contributed by atoms with Gasteiger partial charge in [0.15, 0.2) is 0 Å². The minimum absolute atomic E-state index is 0.0215.